The number of likely N-dealkylation sites (tertiary alicyclic amines) is 1. The van der Waals surface area contributed by atoms with E-state index >= 15 is 0 Å². The molecule has 1 aliphatic heterocycles. The maximum Gasteiger partial charge on any atom is 0.240 e. The summed E-state index contributed by atoms with van der Waals surface area (Å²) in [5.74, 6) is 0.645. The fourth-order valence-corrected chi connectivity index (χ4v) is 2.80. The predicted octanol–water partition coefficient (Wildman–Crippen LogP) is 1.33. The van der Waals surface area contributed by atoms with Gasteiger partial charge in [0.15, 0.2) is 0 Å². The number of carbonyl (C=O) groups is 1. The van der Waals surface area contributed by atoms with E-state index in [1.165, 1.54) is 0 Å². The summed E-state index contributed by atoms with van der Waals surface area (Å²) in [4.78, 5) is 13.9. The van der Waals surface area contributed by atoms with E-state index in [9.17, 15) is 9.90 Å². The first-order chi connectivity index (χ1) is 10.6. The molecule has 1 aliphatic rings. The fraction of sp³-hybridized carbons (Fsp3) is 0.500. The third-order valence-electron chi connectivity index (χ3n) is 4.10. The van der Waals surface area contributed by atoms with Crippen molar-refractivity contribution in [3.8, 4) is 5.88 Å². The molecule has 3 rings (SSSR count). The molecule has 0 saturated carbocycles. The van der Waals surface area contributed by atoms with Gasteiger partial charge in [-0.1, -0.05) is 12.1 Å². The van der Waals surface area contributed by atoms with Crippen molar-refractivity contribution in [3.05, 3.63) is 24.3 Å². The highest BCUT2D eigenvalue weighted by atomic mass is 16.5. The average molecular weight is 303 g/mol. The quantitative estimate of drug-likeness (QED) is 0.925. The summed E-state index contributed by atoms with van der Waals surface area (Å²) in [5.41, 5.74) is 1.01. The summed E-state index contributed by atoms with van der Waals surface area (Å²) in [6.45, 7) is 1.58. The molecule has 2 aromatic rings. The van der Waals surface area contributed by atoms with Gasteiger partial charge in [-0.05, 0) is 25.0 Å². The summed E-state index contributed by atoms with van der Waals surface area (Å²) >= 11 is 0. The van der Waals surface area contributed by atoms with Gasteiger partial charge in [0.2, 0.25) is 11.8 Å². The third-order valence-corrected chi connectivity index (χ3v) is 4.10. The highest BCUT2D eigenvalue weighted by Gasteiger charge is 2.21. The van der Waals surface area contributed by atoms with Crippen LogP contribution in [0, 0.1) is 0 Å². The first-order valence-corrected chi connectivity index (χ1v) is 7.65. The standard InChI is InChI=1S/C16H21N3O3/c1-18-14-5-3-2-4-13(14)16(17-18)22-11-8-15(21)19-9-6-12(20)7-10-19/h2-5,12,20H,6-11H2,1H3. The van der Waals surface area contributed by atoms with E-state index in [0.717, 1.165) is 10.9 Å². The van der Waals surface area contributed by atoms with Crippen LogP contribution in [0.2, 0.25) is 0 Å². The van der Waals surface area contributed by atoms with Gasteiger partial charge in [-0.15, -0.1) is 5.10 Å². The number of para-hydroxylation sites is 1. The summed E-state index contributed by atoms with van der Waals surface area (Å²) in [5, 5.41) is 14.8. The lowest BCUT2D eigenvalue weighted by Gasteiger charge is -2.29. The van der Waals surface area contributed by atoms with Crippen molar-refractivity contribution in [1.29, 1.82) is 0 Å². The van der Waals surface area contributed by atoms with E-state index in [1.807, 2.05) is 31.3 Å². The van der Waals surface area contributed by atoms with Crippen LogP contribution in [-0.4, -0.2) is 51.5 Å². The lowest BCUT2D eigenvalue weighted by atomic mass is 10.1. The highest BCUT2D eigenvalue weighted by molar-refractivity contribution is 5.84. The van der Waals surface area contributed by atoms with Gasteiger partial charge in [0, 0.05) is 20.1 Å². The first-order valence-electron chi connectivity index (χ1n) is 7.65. The fourth-order valence-electron chi connectivity index (χ4n) is 2.80. The molecule has 22 heavy (non-hydrogen) atoms. The molecular formula is C16H21N3O3. The molecule has 6 nitrogen and oxygen atoms in total. The second-order valence-corrected chi connectivity index (χ2v) is 5.66. The number of aryl methyl sites for hydroxylation is 1. The number of nitrogens with zero attached hydrogens (tertiary/aromatic N) is 3. The Kier molecular flexibility index (Phi) is 4.29. The summed E-state index contributed by atoms with van der Waals surface area (Å²) in [6.07, 6.45) is 1.40. The first kappa shape index (κ1) is 14.8. The van der Waals surface area contributed by atoms with Gasteiger partial charge in [-0.2, -0.15) is 0 Å². The molecule has 0 unspecified atom stereocenters. The van der Waals surface area contributed by atoms with Gasteiger partial charge in [0.25, 0.3) is 0 Å². The van der Waals surface area contributed by atoms with Crippen LogP contribution in [0.5, 0.6) is 5.88 Å². The molecule has 0 bridgehead atoms. The number of hydrogen-bond acceptors (Lipinski definition) is 4. The second kappa shape index (κ2) is 6.36. The van der Waals surface area contributed by atoms with Crippen molar-refractivity contribution >= 4 is 16.8 Å². The number of ether oxygens (including phenoxy) is 1. The van der Waals surface area contributed by atoms with Crippen LogP contribution in [0.25, 0.3) is 10.9 Å². The monoisotopic (exact) mass is 303 g/mol. The summed E-state index contributed by atoms with van der Waals surface area (Å²) < 4.78 is 7.47. The molecular weight excluding hydrogens is 282 g/mol. The largest absolute Gasteiger partial charge is 0.476 e. The van der Waals surface area contributed by atoms with E-state index in [-0.39, 0.29) is 12.0 Å². The Morgan fingerprint density at radius 3 is 2.86 bits per heavy atom. The van der Waals surface area contributed by atoms with Crippen molar-refractivity contribution in [2.24, 2.45) is 7.05 Å². The van der Waals surface area contributed by atoms with Crippen molar-refractivity contribution in [2.45, 2.75) is 25.4 Å². The highest BCUT2D eigenvalue weighted by Crippen LogP contribution is 2.23. The van der Waals surface area contributed by atoms with E-state index in [1.54, 1.807) is 9.58 Å². The van der Waals surface area contributed by atoms with Gasteiger partial charge >= 0.3 is 0 Å². The molecule has 2 heterocycles. The number of rotatable bonds is 4. The number of aromatic nitrogens is 2. The second-order valence-electron chi connectivity index (χ2n) is 5.66. The number of piperidine rings is 1. The third kappa shape index (κ3) is 3.06. The Bertz CT molecular complexity index is 660. The molecule has 1 aromatic heterocycles. The molecule has 1 N–H and O–H groups in total. The smallest absolute Gasteiger partial charge is 0.240 e. The summed E-state index contributed by atoms with van der Waals surface area (Å²) in [7, 11) is 1.87. The van der Waals surface area contributed by atoms with E-state index < -0.39 is 0 Å². The Labute approximate surface area is 129 Å². The molecule has 1 amide bonds. The van der Waals surface area contributed by atoms with Crippen molar-refractivity contribution in [2.75, 3.05) is 19.7 Å². The molecule has 0 atom stereocenters. The van der Waals surface area contributed by atoms with Gasteiger partial charge < -0.3 is 14.7 Å². The zero-order chi connectivity index (χ0) is 15.5. The Balaban J connectivity index is 1.55. The lowest BCUT2D eigenvalue weighted by Crippen LogP contribution is -2.40. The zero-order valence-corrected chi connectivity index (χ0v) is 12.7. The maximum absolute atomic E-state index is 12.1. The van der Waals surface area contributed by atoms with Crippen molar-refractivity contribution < 1.29 is 14.6 Å². The Morgan fingerprint density at radius 1 is 1.36 bits per heavy atom. The van der Waals surface area contributed by atoms with Crippen LogP contribution in [0.1, 0.15) is 19.3 Å². The summed E-state index contributed by atoms with van der Waals surface area (Å²) in [6, 6.07) is 7.86. The minimum absolute atomic E-state index is 0.0761. The predicted molar refractivity (Wildman–Crippen MR) is 82.6 cm³/mol. The zero-order valence-electron chi connectivity index (χ0n) is 12.7. The normalized spacial score (nSPS) is 16.2. The number of fused-ring (bicyclic) bond motifs is 1. The van der Waals surface area contributed by atoms with Crippen LogP contribution in [0.3, 0.4) is 0 Å². The van der Waals surface area contributed by atoms with Crippen molar-refractivity contribution in [1.82, 2.24) is 14.7 Å². The van der Waals surface area contributed by atoms with Crippen LogP contribution in [-0.2, 0) is 11.8 Å². The SMILES string of the molecule is Cn1nc(OCCC(=O)N2CCC(O)CC2)c2ccccc21. The Hall–Kier alpha value is -2.08. The van der Waals surface area contributed by atoms with Gasteiger partial charge in [0.05, 0.1) is 30.0 Å². The van der Waals surface area contributed by atoms with Crippen LogP contribution >= 0.6 is 0 Å². The van der Waals surface area contributed by atoms with Gasteiger partial charge in [-0.25, -0.2) is 0 Å². The molecule has 1 fully saturated rings. The van der Waals surface area contributed by atoms with E-state index in [0.29, 0.717) is 44.8 Å². The minimum atomic E-state index is -0.264. The number of benzene rings is 1. The molecule has 1 aromatic carbocycles. The molecule has 1 saturated heterocycles. The van der Waals surface area contributed by atoms with Gasteiger partial charge in [0.1, 0.15) is 0 Å². The topological polar surface area (TPSA) is 67.6 Å². The average Bonchev–Trinajstić information content (AvgIpc) is 2.85. The Morgan fingerprint density at radius 2 is 2.09 bits per heavy atom. The molecule has 0 radical (unpaired) electrons. The number of amides is 1. The van der Waals surface area contributed by atoms with Gasteiger partial charge in [-0.3, -0.25) is 9.48 Å². The van der Waals surface area contributed by atoms with Crippen molar-refractivity contribution in [3.63, 3.8) is 0 Å². The minimum Gasteiger partial charge on any atom is -0.476 e. The van der Waals surface area contributed by atoms with Crippen LogP contribution < -0.4 is 4.74 Å². The number of carbonyl (C=O) groups excluding carboxylic acids is 1. The number of aliphatic hydroxyl groups is 1. The number of hydrogen-bond donors (Lipinski definition) is 1. The maximum atomic E-state index is 12.1. The number of aliphatic hydroxyl groups excluding tert-OH is 1. The molecule has 0 aliphatic carbocycles. The molecule has 6 heteroatoms. The molecule has 0 spiro atoms. The lowest BCUT2D eigenvalue weighted by molar-refractivity contribution is -0.133. The van der Waals surface area contributed by atoms with Crippen LogP contribution in [0.15, 0.2) is 24.3 Å². The van der Waals surface area contributed by atoms with E-state index in [4.69, 9.17) is 4.74 Å². The van der Waals surface area contributed by atoms with E-state index in [2.05, 4.69) is 5.10 Å². The molecule has 118 valence electrons. The van der Waals surface area contributed by atoms with Crippen LogP contribution in [0.4, 0.5) is 0 Å².